The Morgan fingerprint density at radius 3 is 2.42 bits per heavy atom. The van der Waals surface area contributed by atoms with Crippen LogP contribution in [0, 0.1) is 12.7 Å². The molecule has 1 aliphatic heterocycles. The molecule has 1 aromatic carbocycles. The molecule has 1 aromatic heterocycles. The summed E-state index contributed by atoms with van der Waals surface area (Å²) in [6.45, 7) is 3.79. The molecule has 2 aromatic rings. The number of aromatic nitrogens is 1. The molecule has 0 spiro atoms. The zero-order valence-electron chi connectivity index (χ0n) is 14.9. The van der Waals surface area contributed by atoms with E-state index in [9.17, 15) is 19.1 Å². The normalized spacial score (nSPS) is 14.6. The van der Waals surface area contributed by atoms with E-state index in [1.165, 1.54) is 6.07 Å². The summed E-state index contributed by atoms with van der Waals surface area (Å²) >= 11 is 0. The van der Waals surface area contributed by atoms with Gasteiger partial charge in [-0.2, -0.15) is 0 Å². The third-order valence-electron chi connectivity index (χ3n) is 4.85. The minimum absolute atomic E-state index is 0.0473. The average Bonchev–Trinajstić information content (AvgIpc) is 2.89. The highest BCUT2D eigenvalue weighted by molar-refractivity contribution is 5.93. The number of carboxylic acids is 1. The summed E-state index contributed by atoms with van der Waals surface area (Å²) in [5.41, 5.74) is 1.90. The zero-order chi connectivity index (χ0) is 18.8. The molecular formula is C19H22FN3O3. The number of para-hydroxylation sites is 1. The molecule has 1 amide bonds. The van der Waals surface area contributed by atoms with E-state index in [0.717, 1.165) is 0 Å². The van der Waals surface area contributed by atoms with Crippen molar-refractivity contribution < 1.29 is 19.1 Å². The molecule has 0 radical (unpaired) electrons. The summed E-state index contributed by atoms with van der Waals surface area (Å²) in [5.74, 6) is -1.39. The van der Waals surface area contributed by atoms with E-state index >= 15 is 0 Å². The van der Waals surface area contributed by atoms with Gasteiger partial charge in [0.05, 0.1) is 17.7 Å². The lowest BCUT2D eigenvalue weighted by molar-refractivity contribution is -0.130. The molecule has 1 fully saturated rings. The van der Waals surface area contributed by atoms with Crippen molar-refractivity contribution in [3.8, 4) is 0 Å². The first-order valence-electron chi connectivity index (χ1n) is 8.54. The van der Waals surface area contributed by atoms with Gasteiger partial charge in [0, 0.05) is 45.1 Å². The summed E-state index contributed by atoms with van der Waals surface area (Å²) < 4.78 is 15.6. The molecule has 0 aliphatic carbocycles. The van der Waals surface area contributed by atoms with Crippen LogP contribution in [0.3, 0.4) is 0 Å². The third-order valence-corrected chi connectivity index (χ3v) is 4.85. The van der Waals surface area contributed by atoms with Gasteiger partial charge in [-0.1, -0.05) is 12.1 Å². The topological polar surface area (TPSA) is 65.8 Å². The van der Waals surface area contributed by atoms with Crippen molar-refractivity contribution in [1.82, 2.24) is 9.47 Å². The SMILES string of the molecule is Cc1cn(C)c(CC(=O)N2CCN(c3ccccc3F)CC2)c1C(=O)O. The fraction of sp³-hybridized carbons (Fsp3) is 0.368. The van der Waals surface area contributed by atoms with Crippen molar-refractivity contribution in [2.24, 2.45) is 7.05 Å². The molecule has 6 nitrogen and oxygen atoms in total. The number of rotatable bonds is 4. The molecule has 0 unspecified atom stereocenters. The molecular weight excluding hydrogens is 337 g/mol. The maximum absolute atomic E-state index is 13.9. The Morgan fingerprint density at radius 2 is 1.81 bits per heavy atom. The van der Waals surface area contributed by atoms with E-state index in [4.69, 9.17) is 0 Å². The van der Waals surface area contributed by atoms with Crippen molar-refractivity contribution in [2.75, 3.05) is 31.1 Å². The van der Waals surface area contributed by atoms with Crippen molar-refractivity contribution in [3.63, 3.8) is 0 Å². The van der Waals surface area contributed by atoms with Crippen LogP contribution in [0.4, 0.5) is 10.1 Å². The van der Waals surface area contributed by atoms with Crippen LogP contribution in [0.25, 0.3) is 0 Å². The Hall–Kier alpha value is -2.83. The molecule has 138 valence electrons. The molecule has 26 heavy (non-hydrogen) atoms. The quantitative estimate of drug-likeness (QED) is 0.908. The molecule has 0 atom stereocenters. The number of hydrogen-bond acceptors (Lipinski definition) is 3. The van der Waals surface area contributed by atoms with Crippen LogP contribution in [-0.2, 0) is 18.3 Å². The fourth-order valence-electron chi connectivity index (χ4n) is 3.50. The Balaban J connectivity index is 1.67. The smallest absolute Gasteiger partial charge is 0.337 e. The number of nitrogens with zero attached hydrogens (tertiary/aromatic N) is 3. The Kier molecular flexibility index (Phi) is 4.97. The lowest BCUT2D eigenvalue weighted by Crippen LogP contribution is -2.49. The van der Waals surface area contributed by atoms with E-state index in [0.29, 0.717) is 43.1 Å². The van der Waals surface area contributed by atoms with Gasteiger partial charge in [-0.25, -0.2) is 9.18 Å². The highest BCUT2D eigenvalue weighted by atomic mass is 19.1. The second-order valence-electron chi connectivity index (χ2n) is 6.55. The zero-order valence-corrected chi connectivity index (χ0v) is 14.9. The number of halogens is 1. The maximum Gasteiger partial charge on any atom is 0.337 e. The van der Waals surface area contributed by atoms with Crippen molar-refractivity contribution >= 4 is 17.6 Å². The van der Waals surface area contributed by atoms with E-state index in [1.807, 2.05) is 4.90 Å². The Bertz CT molecular complexity index is 839. The molecule has 1 N–H and O–H groups in total. The number of carbonyl (C=O) groups excluding carboxylic acids is 1. The third kappa shape index (κ3) is 3.42. The van der Waals surface area contributed by atoms with Crippen LogP contribution in [-0.4, -0.2) is 52.6 Å². The number of aryl methyl sites for hydroxylation is 2. The summed E-state index contributed by atoms with van der Waals surface area (Å²) in [6, 6.07) is 6.61. The first kappa shape index (κ1) is 18.0. The largest absolute Gasteiger partial charge is 0.478 e. The molecule has 1 saturated heterocycles. The number of carbonyl (C=O) groups is 2. The number of anilines is 1. The molecule has 0 bridgehead atoms. The predicted octanol–water partition coefficient (Wildman–Crippen LogP) is 2.06. The van der Waals surface area contributed by atoms with Gasteiger partial charge in [0.1, 0.15) is 5.82 Å². The highest BCUT2D eigenvalue weighted by Crippen LogP contribution is 2.21. The minimum atomic E-state index is -1.02. The van der Waals surface area contributed by atoms with Gasteiger partial charge in [-0.15, -0.1) is 0 Å². The monoisotopic (exact) mass is 359 g/mol. The van der Waals surface area contributed by atoms with E-state index in [-0.39, 0.29) is 23.7 Å². The number of benzene rings is 1. The molecule has 0 saturated carbocycles. The van der Waals surface area contributed by atoms with Gasteiger partial charge in [0.15, 0.2) is 0 Å². The van der Waals surface area contributed by atoms with Gasteiger partial charge < -0.3 is 19.5 Å². The van der Waals surface area contributed by atoms with Crippen molar-refractivity contribution in [1.29, 1.82) is 0 Å². The lowest BCUT2D eigenvalue weighted by atomic mass is 10.1. The Morgan fingerprint density at radius 1 is 1.15 bits per heavy atom. The summed E-state index contributed by atoms with van der Waals surface area (Å²) in [7, 11) is 1.75. The van der Waals surface area contributed by atoms with Crippen molar-refractivity contribution in [3.05, 3.63) is 53.1 Å². The standard InChI is InChI=1S/C19H22FN3O3/c1-13-12-21(2)16(18(13)19(25)26)11-17(24)23-9-7-22(8-10-23)15-6-4-3-5-14(15)20/h3-6,12H,7-11H2,1-2H3,(H,25,26). The first-order chi connectivity index (χ1) is 12.4. The summed E-state index contributed by atoms with van der Waals surface area (Å²) in [5, 5.41) is 9.39. The van der Waals surface area contributed by atoms with Crippen LogP contribution < -0.4 is 4.90 Å². The number of carboxylic acid groups (broad SMARTS) is 1. The van der Waals surface area contributed by atoms with Crippen LogP contribution in [0.1, 0.15) is 21.6 Å². The molecule has 3 rings (SSSR count). The van der Waals surface area contributed by atoms with Crippen LogP contribution in [0.5, 0.6) is 0 Å². The molecule has 1 aliphatic rings. The minimum Gasteiger partial charge on any atom is -0.478 e. The molecule has 7 heteroatoms. The maximum atomic E-state index is 13.9. The van der Waals surface area contributed by atoms with Crippen molar-refractivity contribution in [2.45, 2.75) is 13.3 Å². The van der Waals surface area contributed by atoms with Gasteiger partial charge in [-0.05, 0) is 24.6 Å². The second kappa shape index (κ2) is 7.19. The highest BCUT2D eigenvalue weighted by Gasteiger charge is 2.26. The predicted molar refractivity (Wildman–Crippen MR) is 96.0 cm³/mol. The average molecular weight is 359 g/mol. The lowest BCUT2D eigenvalue weighted by Gasteiger charge is -2.36. The summed E-state index contributed by atoms with van der Waals surface area (Å²) in [6.07, 6.45) is 1.77. The van der Waals surface area contributed by atoms with E-state index in [2.05, 4.69) is 0 Å². The second-order valence-corrected chi connectivity index (χ2v) is 6.55. The number of piperazine rings is 1. The fourth-order valence-corrected chi connectivity index (χ4v) is 3.50. The summed E-state index contributed by atoms with van der Waals surface area (Å²) in [4.78, 5) is 27.7. The van der Waals surface area contributed by atoms with Gasteiger partial charge in [-0.3, -0.25) is 4.79 Å². The number of amides is 1. The van der Waals surface area contributed by atoms with Gasteiger partial charge >= 0.3 is 5.97 Å². The number of hydrogen-bond donors (Lipinski definition) is 1. The molecule has 2 heterocycles. The number of aromatic carboxylic acids is 1. The van der Waals surface area contributed by atoms with E-state index < -0.39 is 5.97 Å². The van der Waals surface area contributed by atoms with Crippen LogP contribution in [0.2, 0.25) is 0 Å². The van der Waals surface area contributed by atoms with Gasteiger partial charge in [0.2, 0.25) is 5.91 Å². The van der Waals surface area contributed by atoms with E-state index in [1.54, 1.807) is 47.8 Å². The van der Waals surface area contributed by atoms with Crippen LogP contribution in [0.15, 0.2) is 30.5 Å². The Labute approximate surface area is 151 Å². The van der Waals surface area contributed by atoms with Gasteiger partial charge in [0.25, 0.3) is 0 Å². The first-order valence-corrected chi connectivity index (χ1v) is 8.54. The van der Waals surface area contributed by atoms with Crippen LogP contribution >= 0.6 is 0 Å².